The number of nitrogens with two attached hydrogens (primary N) is 1. The van der Waals surface area contributed by atoms with E-state index in [9.17, 15) is 0 Å². The Bertz CT molecular complexity index is 355. The molecule has 90 valence electrons. The van der Waals surface area contributed by atoms with Crippen LogP contribution in [0.2, 0.25) is 5.02 Å². The number of nitrogens with zero attached hydrogens (tertiary/aromatic N) is 1. The molecule has 0 fully saturated rings. The van der Waals surface area contributed by atoms with E-state index < -0.39 is 0 Å². The van der Waals surface area contributed by atoms with Crippen LogP contribution in [0, 0.1) is 5.41 Å². The SMILES string of the molecule is CN(CC(C)(C)C)c1ccc(CN)c(Cl)c1. The van der Waals surface area contributed by atoms with Gasteiger partial charge in [-0.2, -0.15) is 0 Å². The average Bonchev–Trinajstić information content (AvgIpc) is 2.15. The molecule has 0 aliphatic rings. The summed E-state index contributed by atoms with van der Waals surface area (Å²) >= 11 is 6.14. The molecule has 0 unspecified atom stereocenters. The number of rotatable bonds is 3. The summed E-state index contributed by atoms with van der Waals surface area (Å²) in [7, 11) is 2.08. The van der Waals surface area contributed by atoms with Crippen LogP contribution in [-0.4, -0.2) is 13.6 Å². The Kier molecular flexibility index (Phi) is 4.22. The first-order valence-corrected chi connectivity index (χ1v) is 5.91. The first kappa shape index (κ1) is 13.3. The van der Waals surface area contributed by atoms with Gasteiger partial charge in [-0.25, -0.2) is 0 Å². The van der Waals surface area contributed by atoms with Crippen LogP contribution in [0.25, 0.3) is 0 Å². The standard InChI is InChI=1S/C13H21ClN2/c1-13(2,3)9-16(4)11-6-5-10(8-15)12(14)7-11/h5-7H,8-9,15H2,1-4H3. The van der Waals surface area contributed by atoms with E-state index in [1.165, 1.54) is 0 Å². The van der Waals surface area contributed by atoms with Crippen molar-refractivity contribution in [3.8, 4) is 0 Å². The summed E-state index contributed by atoms with van der Waals surface area (Å²) in [6, 6.07) is 6.05. The zero-order chi connectivity index (χ0) is 12.3. The Hall–Kier alpha value is -0.730. The molecule has 1 aromatic rings. The molecule has 1 rings (SSSR count). The average molecular weight is 241 g/mol. The second-order valence-electron chi connectivity index (χ2n) is 5.40. The Morgan fingerprint density at radius 2 is 1.94 bits per heavy atom. The van der Waals surface area contributed by atoms with Gasteiger partial charge in [-0.15, -0.1) is 0 Å². The Morgan fingerprint density at radius 3 is 2.38 bits per heavy atom. The molecule has 3 heteroatoms. The zero-order valence-electron chi connectivity index (χ0n) is 10.5. The van der Waals surface area contributed by atoms with E-state index in [1.54, 1.807) is 0 Å². The highest BCUT2D eigenvalue weighted by atomic mass is 35.5. The number of hydrogen-bond acceptors (Lipinski definition) is 2. The molecular weight excluding hydrogens is 220 g/mol. The van der Waals surface area contributed by atoms with Crippen LogP contribution < -0.4 is 10.6 Å². The number of hydrogen-bond donors (Lipinski definition) is 1. The number of benzene rings is 1. The molecule has 0 amide bonds. The van der Waals surface area contributed by atoms with Gasteiger partial charge in [-0.1, -0.05) is 38.4 Å². The van der Waals surface area contributed by atoms with E-state index in [4.69, 9.17) is 17.3 Å². The molecule has 0 bridgehead atoms. The summed E-state index contributed by atoms with van der Waals surface area (Å²) in [6.07, 6.45) is 0. The summed E-state index contributed by atoms with van der Waals surface area (Å²) in [5.41, 5.74) is 7.98. The van der Waals surface area contributed by atoms with Crippen molar-refractivity contribution in [3.63, 3.8) is 0 Å². The second kappa shape index (κ2) is 5.07. The van der Waals surface area contributed by atoms with Crippen LogP contribution in [0.1, 0.15) is 26.3 Å². The summed E-state index contributed by atoms with van der Waals surface area (Å²) in [5.74, 6) is 0. The summed E-state index contributed by atoms with van der Waals surface area (Å²) < 4.78 is 0. The third-order valence-corrected chi connectivity index (χ3v) is 2.76. The van der Waals surface area contributed by atoms with Gasteiger partial charge in [0.25, 0.3) is 0 Å². The van der Waals surface area contributed by atoms with E-state index in [0.717, 1.165) is 22.8 Å². The lowest BCUT2D eigenvalue weighted by Crippen LogP contribution is -2.29. The van der Waals surface area contributed by atoms with Gasteiger partial charge in [-0.05, 0) is 23.1 Å². The molecular formula is C13H21ClN2. The van der Waals surface area contributed by atoms with Gasteiger partial charge < -0.3 is 10.6 Å². The smallest absolute Gasteiger partial charge is 0.0471 e. The molecule has 1 aromatic carbocycles. The Morgan fingerprint density at radius 1 is 1.31 bits per heavy atom. The molecule has 0 saturated carbocycles. The van der Waals surface area contributed by atoms with Crippen molar-refractivity contribution in [1.82, 2.24) is 0 Å². The Balaban J connectivity index is 2.85. The fourth-order valence-corrected chi connectivity index (χ4v) is 1.99. The topological polar surface area (TPSA) is 29.3 Å². The molecule has 0 heterocycles. The van der Waals surface area contributed by atoms with Crippen LogP contribution >= 0.6 is 11.6 Å². The minimum Gasteiger partial charge on any atom is -0.374 e. The molecule has 2 nitrogen and oxygen atoms in total. The molecule has 0 radical (unpaired) electrons. The molecule has 0 atom stereocenters. The van der Waals surface area contributed by atoms with Crippen molar-refractivity contribution in [3.05, 3.63) is 28.8 Å². The predicted molar refractivity (Wildman–Crippen MR) is 72.1 cm³/mol. The second-order valence-corrected chi connectivity index (χ2v) is 5.80. The highest BCUT2D eigenvalue weighted by Crippen LogP contribution is 2.25. The van der Waals surface area contributed by atoms with Crippen LogP contribution in [0.5, 0.6) is 0 Å². The summed E-state index contributed by atoms with van der Waals surface area (Å²) in [4.78, 5) is 2.21. The molecule has 0 aromatic heterocycles. The van der Waals surface area contributed by atoms with Gasteiger partial charge in [0.15, 0.2) is 0 Å². The monoisotopic (exact) mass is 240 g/mol. The maximum atomic E-state index is 6.14. The van der Waals surface area contributed by atoms with Gasteiger partial charge in [-0.3, -0.25) is 0 Å². The van der Waals surface area contributed by atoms with Gasteiger partial charge in [0, 0.05) is 30.8 Å². The summed E-state index contributed by atoms with van der Waals surface area (Å²) in [5, 5.41) is 0.751. The number of halogens is 1. The molecule has 16 heavy (non-hydrogen) atoms. The first-order valence-electron chi connectivity index (χ1n) is 5.53. The lowest BCUT2D eigenvalue weighted by atomic mass is 9.96. The van der Waals surface area contributed by atoms with Gasteiger partial charge in [0.1, 0.15) is 0 Å². The van der Waals surface area contributed by atoms with E-state index in [0.29, 0.717) is 6.54 Å². The van der Waals surface area contributed by atoms with E-state index in [-0.39, 0.29) is 5.41 Å². The number of anilines is 1. The Labute approximate surface area is 103 Å². The van der Waals surface area contributed by atoms with Crippen LogP contribution in [0.4, 0.5) is 5.69 Å². The highest BCUT2D eigenvalue weighted by Gasteiger charge is 2.14. The van der Waals surface area contributed by atoms with Gasteiger partial charge >= 0.3 is 0 Å². The molecule has 2 N–H and O–H groups in total. The molecule has 0 spiro atoms. The minimum atomic E-state index is 0.272. The first-order chi connectivity index (χ1) is 7.33. The zero-order valence-corrected chi connectivity index (χ0v) is 11.3. The van der Waals surface area contributed by atoms with Gasteiger partial charge in [0.05, 0.1) is 0 Å². The normalized spacial score (nSPS) is 11.6. The van der Waals surface area contributed by atoms with Crippen molar-refractivity contribution < 1.29 is 0 Å². The lowest BCUT2D eigenvalue weighted by molar-refractivity contribution is 0.419. The van der Waals surface area contributed by atoms with E-state index in [1.807, 2.05) is 12.1 Å². The molecule has 0 aliphatic heterocycles. The third-order valence-electron chi connectivity index (χ3n) is 2.41. The third kappa shape index (κ3) is 3.69. The van der Waals surface area contributed by atoms with E-state index in [2.05, 4.69) is 38.8 Å². The van der Waals surface area contributed by atoms with Crippen molar-refractivity contribution >= 4 is 17.3 Å². The van der Waals surface area contributed by atoms with Crippen molar-refractivity contribution in [1.29, 1.82) is 0 Å². The molecule has 0 aliphatic carbocycles. The van der Waals surface area contributed by atoms with E-state index >= 15 is 0 Å². The largest absolute Gasteiger partial charge is 0.374 e. The van der Waals surface area contributed by atoms with Crippen molar-refractivity contribution in [2.45, 2.75) is 27.3 Å². The van der Waals surface area contributed by atoms with Crippen LogP contribution in [-0.2, 0) is 6.54 Å². The van der Waals surface area contributed by atoms with Crippen molar-refractivity contribution in [2.75, 3.05) is 18.5 Å². The quantitative estimate of drug-likeness (QED) is 0.879. The lowest BCUT2D eigenvalue weighted by Gasteiger charge is -2.28. The van der Waals surface area contributed by atoms with Crippen molar-refractivity contribution in [2.24, 2.45) is 11.1 Å². The predicted octanol–water partition coefficient (Wildman–Crippen LogP) is 3.28. The molecule has 0 saturated heterocycles. The maximum Gasteiger partial charge on any atom is 0.0471 e. The summed E-state index contributed by atoms with van der Waals surface area (Å²) in [6.45, 7) is 8.14. The van der Waals surface area contributed by atoms with Crippen LogP contribution in [0.3, 0.4) is 0 Å². The van der Waals surface area contributed by atoms with Gasteiger partial charge in [0.2, 0.25) is 0 Å². The maximum absolute atomic E-state index is 6.14. The minimum absolute atomic E-state index is 0.272. The van der Waals surface area contributed by atoms with Crippen LogP contribution in [0.15, 0.2) is 18.2 Å². The fourth-order valence-electron chi connectivity index (χ4n) is 1.74. The highest BCUT2D eigenvalue weighted by molar-refractivity contribution is 6.31. The fraction of sp³-hybridized carbons (Fsp3) is 0.538.